The van der Waals surface area contributed by atoms with Crippen molar-refractivity contribution in [3.63, 3.8) is 0 Å². The predicted octanol–water partition coefficient (Wildman–Crippen LogP) is 0.812. The van der Waals surface area contributed by atoms with E-state index in [0.29, 0.717) is 25.2 Å². The second-order valence-electron chi connectivity index (χ2n) is 3.88. The number of carbonyl (C=O) groups is 1. The number of esters is 1. The van der Waals surface area contributed by atoms with Gasteiger partial charge in [-0.1, -0.05) is 0 Å². The molecular weight excluding hydrogens is 224 g/mol. The Morgan fingerprint density at radius 1 is 1.71 bits per heavy atom. The van der Waals surface area contributed by atoms with Crippen LogP contribution < -0.4 is 4.90 Å². The van der Waals surface area contributed by atoms with E-state index in [1.165, 1.54) is 6.26 Å². The molecule has 6 nitrogen and oxygen atoms in total. The first-order chi connectivity index (χ1) is 8.26. The quantitative estimate of drug-likeness (QED) is 0.742. The Balaban J connectivity index is 2.07. The van der Waals surface area contributed by atoms with Crippen molar-refractivity contribution in [1.82, 2.24) is 4.98 Å². The molecular formula is C11H16N2O4. The van der Waals surface area contributed by atoms with Gasteiger partial charge in [0.2, 0.25) is 0 Å². The summed E-state index contributed by atoms with van der Waals surface area (Å²) in [6.45, 7) is 2.55. The molecule has 1 saturated carbocycles. The molecule has 94 valence electrons. The Labute approximate surface area is 99.2 Å². The molecule has 1 aliphatic rings. The van der Waals surface area contributed by atoms with E-state index in [1.54, 1.807) is 6.92 Å². The van der Waals surface area contributed by atoms with Gasteiger partial charge >= 0.3 is 5.97 Å². The lowest BCUT2D eigenvalue weighted by Crippen LogP contribution is -2.29. The van der Waals surface area contributed by atoms with E-state index in [0.717, 1.165) is 12.8 Å². The Morgan fingerprint density at radius 2 is 2.47 bits per heavy atom. The zero-order valence-electron chi connectivity index (χ0n) is 9.76. The molecule has 1 heterocycles. The maximum absolute atomic E-state index is 11.4. The molecule has 17 heavy (non-hydrogen) atoms. The molecule has 0 unspecified atom stereocenters. The number of hydrogen-bond donors (Lipinski definition) is 1. The van der Waals surface area contributed by atoms with Gasteiger partial charge in [0, 0.05) is 12.6 Å². The van der Waals surface area contributed by atoms with Crippen molar-refractivity contribution in [2.24, 2.45) is 0 Å². The van der Waals surface area contributed by atoms with Crippen molar-refractivity contribution in [1.29, 1.82) is 0 Å². The van der Waals surface area contributed by atoms with Gasteiger partial charge in [-0.05, 0) is 19.8 Å². The van der Waals surface area contributed by atoms with Gasteiger partial charge in [-0.3, -0.25) is 0 Å². The topological polar surface area (TPSA) is 75.8 Å². The van der Waals surface area contributed by atoms with E-state index >= 15 is 0 Å². The van der Waals surface area contributed by atoms with Crippen LogP contribution >= 0.6 is 0 Å². The van der Waals surface area contributed by atoms with E-state index in [2.05, 4.69) is 4.98 Å². The monoisotopic (exact) mass is 240 g/mol. The lowest BCUT2D eigenvalue weighted by atomic mass is 10.5. The molecule has 0 atom stereocenters. The third kappa shape index (κ3) is 2.76. The fourth-order valence-corrected chi connectivity index (χ4v) is 1.62. The molecule has 1 N–H and O–H groups in total. The van der Waals surface area contributed by atoms with Gasteiger partial charge in [-0.25, -0.2) is 4.79 Å². The lowest BCUT2D eigenvalue weighted by Gasteiger charge is -2.18. The second kappa shape index (κ2) is 5.18. The van der Waals surface area contributed by atoms with E-state index in [4.69, 9.17) is 14.3 Å². The molecule has 1 fully saturated rings. The minimum absolute atomic E-state index is 0.0353. The highest BCUT2D eigenvalue weighted by Gasteiger charge is 2.32. The summed E-state index contributed by atoms with van der Waals surface area (Å²) in [5, 5.41) is 8.97. The van der Waals surface area contributed by atoms with Gasteiger partial charge in [0.25, 0.3) is 6.01 Å². The first-order valence-electron chi connectivity index (χ1n) is 5.76. The number of rotatable bonds is 6. The molecule has 1 aromatic rings. The number of oxazole rings is 1. The number of ether oxygens (including phenoxy) is 1. The normalized spacial score (nSPS) is 14.7. The number of aromatic nitrogens is 1. The summed E-state index contributed by atoms with van der Waals surface area (Å²) in [6, 6.07) is 0.750. The van der Waals surface area contributed by atoms with Crippen LogP contribution in [0.25, 0.3) is 0 Å². The molecule has 0 amide bonds. The largest absolute Gasteiger partial charge is 0.461 e. The number of carbonyl (C=O) groups excluding carboxylic acids is 1. The summed E-state index contributed by atoms with van der Waals surface area (Å²) in [5.74, 6) is -0.484. The maximum Gasteiger partial charge on any atom is 0.360 e. The summed E-state index contributed by atoms with van der Waals surface area (Å²) in [4.78, 5) is 17.4. The zero-order valence-corrected chi connectivity index (χ0v) is 9.76. The fourth-order valence-electron chi connectivity index (χ4n) is 1.62. The number of aliphatic hydroxyl groups is 1. The molecule has 1 aliphatic carbocycles. The number of hydrogen-bond acceptors (Lipinski definition) is 6. The van der Waals surface area contributed by atoms with Crippen LogP contribution in [0.4, 0.5) is 6.01 Å². The third-order valence-electron chi connectivity index (χ3n) is 2.55. The Kier molecular flexibility index (Phi) is 3.63. The Hall–Kier alpha value is -1.56. The highest BCUT2D eigenvalue weighted by Crippen LogP contribution is 2.30. The standard InChI is InChI=1S/C11H16N2O4/c1-2-16-10(15)9-7-17-11(12-9)13(5-6-14)8-3-4-8/h7-8,14H,2-6H2,1H3. The van der Waals surface area contributed by atoms with Crippen LogP contribution in [0, 0.1) is 0 Å². The van der Waals surface area contributed by atoms with Gasteiger partial charge in [-0.15, -0.1) is 0 Å². The zero-order chi connectivity index (χ0) is 12.3. The first-order valence-corrected chi connectivity index (χ1v) is 5.76. The SMILES string of the molecule is CCOC(=O)c1coc(N(CCO)C2CC2)n1. The number of aliphatic hydroxyl groups excluding tert-OH is 1. The van der Waals surface area contributed by atoms with Gasteiger partial charge in [0.05, 0.1) is 13.2 Å². The van der Waals surface area contributed by atoms with Crippen LogP contribution in [-0.4, -0.2) is 41.9 Å². The highest BCUT2D eigenvalue weighted by molar-refractivity contribution is 5.87. The van der Waals surface area contributed by atoms with Crippen molar-refractivity contribution < 1.29 is 19.1 Å². The van der Waals surface area contributed by atoms with E-state index in [-0.39, 0.29) is 12.3 Å². The number of nitrogens with zero attached hydrogens (tertiary/aromatic N) is 2. The van der Waals surface area contributed by atoms with E-state index in [9.17, 15) is 4.79 Å². The van der Waals surface area contributed by atoms with Crippen molar-refractivity contribution in [2.75, 3.05) is 24.7 Å². The molecule has 6 heteroatoms. The summed E-state index contributed by atoms with van der Waals surface area (Å²) in [6.07, 6.45) is 3.42. The van der Waals surface area contributed by atoms with Gasteiger partial charge in [0.1, 0.15) is 6.26 Å². The van der Waals surface area contributed by atoms with Crippen LogP contribution in [-0.2, 0) is 4.74 Å². The van der Waals surface area contributed by atoms with Crippen molar-refractivity contribution >= 4 is 12.0 Å². The maximum atomic E-state index is 11.4. The number of anilines is 1. The van der Waals surface area contributed by atoms with Crippen LogP contribution in [0.15, 0.2) is 10.7 Å². The van der Waals surface area contributed by atoms with Crippen LogP contribution in [0.2, 0.25) is 0 Å². The average Bonchev–Trinajstić information content (AvgIpc) is 3.03. The molecule has 0 saturated heterocycles. The van der Waals surface area contributed by atoms with E-state index in [1.807, 2.05) is 4.90 Å². The van der Waals surface area contributed by atoms with Crippen LogP contribution in [0.5, 0.6) is 0 Å². The van der Waals surface area contributed by atoms with Crippen molar-refractivity contribution in [3.05, 3.63) is 12.0 Å². The van der Waals surface area contributed by atoms with Crippen molar-refractivity contribution in [3.8, 4) is 0 Å². The molecule has 0 spiro atoms. The summed E-state index contributed by atoms with van der Waals surface area (Å²) < 4.78 is 10.1. The van der Waals surface area contributed by atoms with Crippen molar-refractivity contribution in [2.45, 2.75) is 25.8 Å². The smallest absolute Gasteiger partial charge is 0.360 e. The van der Waals surface area contributed by atoms with Gasteiger partial charge < -0.3 is 19.2 Å². The average molecular weight is 240 g/mol. The minimum Gasteiger partial charge on any atom is -0.461 e. The third-order valence-corrected chi connectivity index (χ3v) is 2.55. The van der Waals surface area contributed by atoms with Gasteiger partial charge in [0.15, 0.2) is 5.69 Å². The molecule has 0 aromatic carbocycles. The van der Waals surface area contributed by atoms with E-state index < -0.39 is 5.97 Å². The summed E-state index contributed by atoms with van der Waals surface area (Å²) >= 11 is 0. The Morgan fingerprint density at radius 3 is 3.06 bits per heavy atom. The molecule has 0 aliphatic heterocycles. The Bertz CT molecular complexity index is 387. The minimum atomic E-state index is -0.484. The van der Waals surface area contributed by atoms with Gasteiger partial charge in [-0.2, -0.15) is 4.98 Å². The molecule has 1 aromatic heterocycles. The summed E-state index contributed by atoms with van der Waals surface area (Å²) in [5.41, 5.74) is 0.172. The van der Waals surface area contributed by atoms with Crippen LogP contribution in [0.1, 0.15) is 30.3 Å². The second-order valence-corrected chi connectivity index (χ2v) is 3.88. The fraction of sp³-hybridized carbons (Fsp3) is 0.636. The highest BCUT2D eigenvalue weighted by atomic mass is 16.5. The summed E-state index contributed by atoms with van der Waals surface area (Å²) in [7, 11) is 0. The molecule has 2 rings (SSSR count). The molecule has 0 bridgehead atoms. The molecule has 0 radical (unpaired) electrons. The first kappa shape index (κ1) is 11.9. The van der Waals surface area contributed by atoms with Crippen LogP contribution in [0.3, 0.4) is 0 Å². The predicted molar refractivity (Wildman–Crippen MR) is 59.9 cm³/mol. The lowest BCUT2D eigenvalue weighted by molar-refractivity contribution is 0.0519.